The first-order chi connectivity index (χ1) is 8.16. The van der Waals surface area contributed by atoms with E-state index in [1.165, 1.54) is 6.07 Å². The summed E-state index contributed by atoms with van der Waals surface area (Å²) in [6, 6.07) is 4.57. The maximum Gasteiger partial charge on any atom is 0.251 e. The Morgan fingerprint density at radius 3 is 3.06 bits per heavy atom. The highest BCUT2D eigenvalue weighted by atomic mass is 19.1. The summed E-state index contributed by atoms with van der Waals surface area (Å²) in [6.45, 7) is 4.30. The molecular weight excluding hydrogens is 219 g/mol. The summed E-state index contributed by atoms with van der Waals surface area (Å²) in [4.78, 5) is 11.8. The maximum absolute atomic E-state index is 13.3. The number of halogens is 1. The normalized spacial score (nSPS) is 19.3. The van der Waals surface area contributed by atoms with Crippen molar-refractivity contribution in [1.82, 2.24) is 10.6 Å². The molecule has 17 heavy (non-hydrogen) atoms. The third-order valence-electron chi connectivity index (χ3n) is 3.15. The molecule has 1 aliphatic heterocycles. The topological polar surface area (TPSA) is 41.1 Å². The molecule has 0 aliphatic carbocycles. The molecule has 1 aromatic rings. The zero-order valence-corrected chi connectivity index (χ0v) is 9.92. The third kappa shape index (κ3) is 3.03. The number of nitrogens with one attached hydrogen (secondary N) is 2. The third-order valence-corrected chi connectivity index (χ3v) is 3.15. The molecule has 2 rings (SSSR count). The average molecular weight is 236 g/mol. The zero-order valence-electron chi connectivity index (χ0n) is 9.92. The second-order valence-electron chi connectivity index (χ2n) is 4.53. The van der Waals surface area contributed by atoms with Crippen LogP contribution in [0.25, 0.3) is 0 Å². The predicted molar refractivity (Wildman–Crippen MR) is 64.4 cm³/mol. The van der Waals surface area contributed by atoms with E-state index in [4.69, 9.17) is 0 Å². The van der Waals surface area contributed by atoms with Gasteiger partial charge < -0.3 is 10.6 Å². The van der Waals surface area contributed by atoms with Gasteiger partial charge in [-0.05, 0) is 50.0 Å². The molecule has 1 aromatic carbocycles. The Balaban J connectivity index is 1.92. The van der Waals surface area contributed by atoms with Crippen LogP contribution >= 0.6 is 0 Å². The molecule has 0 bridgehead atoms. The first-order valence-electron chi connectivity index (χ1n) is 5.92. The lowest BCUT2D eigenvalue weighted by Gasteiger charge is -2.10. The van der Waals surface area contributed by atoms with E-state index in [1.54, 1.807) is 19.1 Å². The van der Waals surface area contributed by atoms with Crippen molar-refractivity contribution in [1.29, 1.82) is 0 Å². The molecule has 1 heterocycles. The maximum atomic E-state index is 13.3. The van der Waals surface area contributed by atoms with Gasteiger partial charge in [-0.25, -0.2) is 4.39 Å². The Bertz CT molecular complexity index is 414. The van der Waals surface area contributed by atoms with E-state index in [1.807, 2.05) is 0 Å². The summed E-state index contributed by atoms with van der Waals surface area (Å²) in [7, 11) is 0. The Hall–Kier alpha value is -1.42. The van der Waals surface area contributed by atoms with Crippen LogP contribution in [0.3, 0.4) is 0 Å². The minimum Gasteiger partial charge on any atom is -0.352 e. The summed E-state index contributed by atoms with van der Waals surface area (Å²) in [5.74, 6) is -0.0368. The number of rotatable bonds is 3. The summed E-state index contributed by atoms with van der Waals surface area (Å²) >= 11 is 0. The fraction of sp³-hybridized carbons (Fsp3) is 0.462. The van der Waals surface area contributed by atoms with Crippen molar-refractivity contribution < 1.29 is 9.18 Å². The molecule has 0 spiro atoms. The van der Waals surface area contributed by atoms with Crippen LogP contribution in [-0.2, 0) is 0 Å². The Kier molecular flexibility index (Phi) is 3.74. The van der Waals surface area contributed by atoms with Crippen molar-refractivity contribution in [2.45, 2.75) is 13.3 Å². The lowest BCUT2D eigenvalue weighted by Crippen LogP contribution is -2.30. The van der Waals surface area contributed by atoms with Crippen molar-refractivity contribution in [2.75, 3.05) is 19.6 Å². The van der Waals surface area contributed by atoms with Gasteiger partial charge in [-0.15, -0.1) is 0 Å². The lowest BCUT2D eigenvalue weighted by atomic mass is 10.1. The van der Waals surface area contributed by atoms with Crippen LogP contribution in [0.1, 0.15) is 22.3 Å². The summed E-state index contributed by atoms with van der Waals surface area (Å²) in [5.41, 5.74) is 0.945. The molecule has 1 unspecified atom stereocenters. The van der Waals surface area contributed by atoms with Gasteiger partial charge >= 0.3 is 0 Å². The monoisotopic (exact) mass is 236 g/mol. The van der Waals surface area contributed by atoms with Crippen LogP contribution in [-0.4, -0.2) is 25.5 Å². The smallest absolute Gasteiger partial charge is 0.251 e. The van der Waals surface area contributed by atoms with Gasteiger partial charge in [-0.3, -0.25) is 4.79 Å². The molecular formula is C13H17FN2O. The Labute approximate surface area is 100 Å². The molecule has 1 aliphatic rings. The van der Waals surface area contributed by atoms with Gasteiger partial charge in [-0.2, -0.15) is 0 Å². The lowest BCUT2D eigenvalue weighted by molar-refractivity contribution is 0.0947. The molecule has 0 radical (unpaired) electrons. The van der Waals surface area contributed by atoms with Gasteiger partial charge in [0.2, 0.25) is 0 Å². The Morgan fingerprint density at radius 2 is 2.41 bits per heavy atom. The van der Waals surface area contributed by atoms with Crippen LogP contribution in [0.2, 0.25) is 0 Å². The van der Waals surface area contributed by atoms with Gasteiger partial charge in [0, 0.05) is 12.1 Å². The molecule has 1 saturated heterocycles. The standard InChI is InChI=1S/C13H17FN2O/c1-9-2-3-11(6-12(9)14)13(17)16-8-10-4-5-15-7-10/h2-3,6,10,15H,4-5,7-8H2,1H3,(H,16,17). The van der Waals surface area contributed by atoms with E-state index in [0.29, 0.717) is 23.6 Å². The minimum atomic E-state index is -0.333. The molecule has 0 aromatic heterocycles. The molecule has 1 amide bonds. The first kappa shape index (κ1) is 12.0. The van der Waals surface area contributed by atoms with Crippen molar-refractivity contribution in [3.63, 3.8) is 0 Å². The SMILES string of the molecule is Cc1ccc(C(=O)NCC2CCNC2)cc1F. The summed E-state index contributed by atoms with van der Waals surface area (Å²) in [5, 5.41) is 6.08. The van der Waals surface area contributed by atoms with Crippen LogP contribution in [0.15, 0.2) is 18.2 Å². The second-order valence-corrected chi connectivity index (χ2v) is 4.53. The highest BCUT2D eigenvalue weighted by Crippen LogP contribution is 2.10. The van der Waals surface area contributed by atoms with Crippen molar-refractivity contribution in [3.8, 4) is 0 Å². The van der Waals surface area contributed by atoms with E-state index in [9.17, 15) is 9.18 Å². The number of hydrogen-bond acceptors (Lipinski definition) is 2. The van der Waals surface area contributed by atoms with Gasteiger partial charge in [-0.1, -0.05) is 6.07 Å². The van der Waals surface area contributed by atoms with Crippen LogP contribution < -0.4 is 10.6 Å². The number of amides is 1. The molecule has 1 atom stereocenters. The highest BCUT2D eigenvalue weighted by molar-refractivity contribution is 5.94. The van der Waals surface area contributed by atoms with Gasteiger partial charge in [0.15, 0.2) is 0 Å². The van der Waals surface area contributed by atoms with Crippen LogP contribution in [0.4, 0.5) is 4.39 Å². The van der Waals surface area contributed by atoms with E-state index >= 15 is 0 Å². The number of aryl methyl sites for hydroxylation is 1. The molecule has 92 valence electrons. The number of hydrogen-bond donors (Lipinski definition) is 2. The molecule has 3 nitrogen and oxygen atoms in total. The molecule has 2 N–H and O–H groups in total. The first-order valence-corrected chi connectivity index (χ1v) is 5.92. The largest absolute Gasteiger partial charge is 0.352 e. The molecule has 4 heteroatoms. The van der Waals surface area contributed by atoms with Gasteiger partial charge in [0.05, 0.1) is 0 Å². The molecule has 0 saturated carbocycles. The van der Waals surface area contributed by atoms with E-state index in [2.05, 4.69) is 10.6 Å². The number of benzene rings is 1. The number of carbonyl (C=O) groups excluding carboxylic acids is 1. The van der Waals surface area contributed by atoms with Crippen molar-refractivity contribution >= 4 is 5.91 Å². The zero-order chi connectivity index (χ0) is 12.3. The predicted octanol–water partition coefficient (Wildman–Crippen LogP) is 1.47. The fourth-order valence-corrected chi connectivity index (χ4v) is 1.96. The van der Waals surface area contributed by atoms with Crippen LogP contribution in [0, 0.1) is 18.7 Å². The quantitative estimate of drug-likeness (QED) is 0.834. The van der Waals surface area contributed by atoms with E-state index in [0.717, 1.165) is 19.5 Å². The summed E-state index contributed by atoms with van der Waals surface area (Å²) in [6.07, 6.45) is 1.09. The Morgan fingerprint density at radius 1 is 1.59 bits per heavy atom. The number of carbonyl (C=O) groups is 1. The van der Waals surface area contributed by atoms with Crippen LogP contribution in [0.5, 0.6) is 0 Å². The minimum absolute atomic E-state index is 0.198. The van der Waals surface area contributed by atoms with Gasteiger partial charge in [0.1, 0.15) is 5.82 Å². The van der Waals surface area contributed by atoms with E-state index in [-0.39, 0.29) is 11.7 Å². The summed E-state index contributed by atoms with van der Waals surface area (Å²) < 4.78 is 13.3. The van der Waals surface area contributed by atoms with Gasteiger partial charge in [0.25, 0.3) is 5.91 Å². The van der Waals surface area contributed by atoms with Crippen molar-refractivity contribution in [3.05, 3.63) is 35.1 Å². The fourth-order valence-electron chi connectivity index (χ4n) is 1.96. The average Bonchev–Trinajstić information content (AvgIpc) is 2.82. The second kappa shape index (κ2) is 5.27. The van der Waals surface area contributed by atoms with Crippen molar-refractivity contribution in [2.24, 2.45) is 5.92 Å². The highest BCUT2D eigenvalue weighted by Gasteiger charge is 2.15. The molecule has 1 fully saturated rings. The van der Waals surface area contributed by atoms with E-state index < -0.39 is 0 Å².